The maximum absolute atomic E-state index is 12.3. The average molecular weight is 378 g/mol. The number of carbonyl (C=O) groups excluding carboxylic acids is 3. The molecule has 0 aliphatic carbocycles. The van der Waals surface area contributed by atoms with Crippen LogP contribution in [0.25, 0.3) is 0 Å². The van der Waals surface area contributed by atoms with Crippen molar-refractivity contribution in [2.24, 2.45) is 5.92 Å². The Kier molecular flexibility index (Phi) is 5.20. The summed E-state index contributed by atoms with van der Waals surface area (Å²) >= 11 is 7.41. The van der Waals surface area contributed by atoms with E-state index in [1.54, 1.807) is 40.6 Å². The van der Waals surface area contributed by atoms with Gasteiger partial charge in [-0.15, -0.1) is 11.3 Å². The molecule has 1 aliphatic rings. The number of anilines is 1. The van der Waals surface area contributed by atoms with Crippen LogP contribution in [-0.2, 0) is 14.3 Å². The number of amides is 1. The molecule has 0 saturated carbocycles. The van der Waals surface area contributed by atoms with Crippen LogP contribution in [0.1, 0.15) is 21.7 Å². The fraction of sp³-hybridized carbons (Fsp3) is 0.278. The van der Waals surface area contributed by atoms with E-state index in [1.807, 2.05) is 6.92 Å². The molecule has 1 aromatic carbocycles. The van der Waals surface area contributed by atoms with Gasteiger partial charge in [0.05, 0.1) is 10.8 Å². The number of esters is 1. The summed E-state index contributed by atoms with van der Waals surface area (Å²) in [4.78, 5) is 38.5. The highest BCUT2D eigenvalue weighted by atomic mass is 35.5. The van der Waals surface area contributed by atoms with Crippen LogP contribution >= 0.6 is 22.9 Å². The van der Waals surface area contributed by atoms with Gasteiger partial charge in [-0.3, -0.25) is 14.4 Å². The van der Waals surface area contributed by atoms with Gasteiger partial charge in [0.15, 0.2) is 6.61 Å². The first-order valence-electron chi connectivity index (χ1n) is 7.76. The molecule has 1 saturated heterocycles. The van der Waals surface area contributed by atoms with E-state index < -0.39 is 11.9 Å². The third-order valence-corrected chi connectivity index (χ3v) is 5.45. The van der Waals surface area contributed by atoms with E-state index in [4.69, 9.17) is 16.3 Å². The molecular formula is C18H16ClNO4S. The van der Waals surface area contributed by atoms with Crippen molar-refractivity contribution in [1.29, 1.82) is 0 Å². The van der Waals surface area contributed by atoms with Gasteiger partial charge in [0.2, 0.25) is 11.7 Å². The molecule has 1 aromatic heterocycles. The zero-order valence-electron chi connectivity index (χ0n) is 13.5. The highest BCUT2D eigenvalue weighted by Gasteiger charge is 2.37. The van der Waals surface area contributed by atoms with Gasteiger partial charge in [0, 0.05) is 23.7 Å². The van der Waals surface area contributed by atoms with Crippen molar-refractivity contribution in [3.05, 3.63) is 51.2 Å². The van der Waals surface area contributed by atoms with Gasteiger partial charge in [-0.1, -0.05) is 23.7 Å². The molecule has 0 bridgehead atoms. The lowest BCUT2D eigenvalue weighted by molar-refractivity contribution is -0.147. The molecule has 1 aliphatic heterocycles. The normalized spacial score (nSPS) is 17.0. The highest BCUT2D eigenvalue weighted by Crippen LogP contribution is 2.31. The van der Waals surface area contributed by atoms with Gasteiger partial charge in [-0.05, 0) is 36.1 Å². The van der Waals surface area contributed by atoms with E-state index in [9.17, 15) is 14.4 Å². The average Bonchev–Trinajstić information content (AvgIpc) is 3.25. The van der Waals surface area contributed by atoms with E-state index in [0.717, 1.165) is 5.56 Å². The number of halogens is 1. The van der Waals surface area contributed by atoms with Gasteiger partial charge >= 0.3 is 5.97 Å². The molecule has 5 nitrogen and oxygen atoms in total. The predicted molar refractivity (Wildman–Crippen MR) is 96.3 cm³/mol. The Balaban J connectivity index is 1.63. The molecule has 2 heterocycles. The van der Waals surface area contributed by atoms with E-state index in [0.29, 0.717) is 15.6 Å². The summed E-state index contributed by atoms with van der Waals surface area (Å²) in [5.74, 6) is -1.51. The Morgan fingerprint density at radius 2 is 2.12 bits per heavy atom. The Hall–Kier alpha value is -2.18. The second-order valence-electron chi connectivity index (χ2n) is 5.80. The molecule has 2 aromatic rings. The number of benzene rings is 1. The van der Waals surface area contributed by atoms with Gasteiger partial charge in [0.1, 0.15) is 0 Å². The fourth-order valence-electron chi connectivity index (χ4n) is 2.75. The number of ether oxygens (including phenoxy) is 1. The Bertz CT molecular complexity index is 818. The quantitative estimate of drug-likeness (QED) is 0.591. The van der Waals surface area contributed by atoms with Crippen LogP contribution in [0.15, 0.2) is 35.7 Å². The second-order valence-corrected chi connectivity index (χ2v) is 7.15. The van der Waals surface area contributed by atoms with Crippen LogP contribution in [0.4, 0.5) is 5.69 Å². The molecule has 130 valence electrons. The molecule has 1 atom stereocenters. The Labute approximate surface area is 154 Å². The number of nitrogens with zero attached hydrogens (tertiary/aromatic N) is 1. The van der Waals surface area contributed by atoms with E-state index >= 15 is 0 Å². The van der Waals surface area contributed by atoms with Gasteiger partial charge in [0.25, 0.3) is 0 Å². The lowest BCUT2D eigenvalue weighted by Gasteiger charge is -2.19. The monoisotopic (exact) mass is 377 g/mol. The standard InChI is InChI=1S/C18H16ClNO4S/c1-11-13(19)4-2-5-14(11)20-9-12(8-17(20)22)18(23)24-10-15(21)16-6-3-7-25-16/h2-7,12H,8-10H2,1H3/t12-/m0/s1. The first kappa shape index (κ1) is 17.6. The summed E-state index contributed by atoms with van der Waals surface area (Å²) in [6.07, 6.45) is 0.0674. The van der Waals surface area contributed by atoms with E-state index in [2.05, 4.69) is 0 Å². The Morgan fingerprint density at radius 3 is 2.84 bits per heavy atom. The number of Topliss-reactive ketones (excluding diaryl/α,β-unsaturated/α-hetero) is 1. The topological polar surface area (TPSA) is 63.7 Å². The lowest BCUT2D eigenvalue weighted by Crippen LogP contribution is -2.27. The molecule has 7 heteroatoms. The van der Waals surface area contributed by atoms with Crippen LogP contribution in [0.3, 0.4) is 0 Å². The van der Waals surface area contributed by atoms with Crippen LogP contribution in [0.5, 0.6) is 0 Å². The van der Waals surface area contributed by atoms with E-state index in [-0.39, 0.29) is 31.3 Å². The maximum atomic E-state index is 12.3. The molecule has 0 spiro atoms. The first-order chi connectivity index (χ1) is 12.0. The SMILES string of the molecule is Cc1c(Cl)cccc1N1C[C@@H](C(=O)OCC(=O)c2cccs2)CC1=O. The smallest absolute Gasteiger partial charge is 0.311 e. The summed E-state index contributed by atoms with van der Waals surface area (Å²) in [6.45, 7) is 1.75. The number of hydrogen-bond acceptors (Lipinski definition) is 5. The van der Waals surface area contributed by atoms with Crippen molar-refractivity contribution in [2.45, 2.75) is 13.3 Å². The lowest BCUT2D eigenvalue weighted by atomic mass is 10.1. The minimum Gasteiger partial charge on any atom is -0.457 e. The second kappa shape index (κ2) is 7.37. The van der Waals surface area contributed by atoms with E-state index in [1.165, 1.54) is 11.3 Å². The van der Waals surface area contributed by atoms with Crippen molar-refractivity contribution in [3.8, 4) is 0 Å². The number of thiophene rings is 1. The zero-order valence-corrected chi connectivity index (χ0v) is 15.1. The minimum atomic E-state index is -0.581. The molecule has 0 radical (unpaired) electrons. The minimum absolute atomic E-state index is 0.0674. The summed E-state index contributed by atoms with van der Waals surface area (Å²) in [7, 11) is 0. The molecule has 1 amide bonds. The first-order valence-corrected chi connectivity index (χ1v) is 9.02. The molecule has 3 rings (SSSR count). The molecular weight excluding hydrogens is 362 g/mol. The summed E-state index contributed by atoms with van der Waals surface area (Å²) < 4.78 is 5.11. The Morgan fingerprint density at radius 1 is 1.32 bits per heavy atom. The zero-order chi connectivity index (χ0) is 18.0. The van der Waals surface area contributed by atoms with Gasteiger partial charge < -0.3 is 9.64 Å². The maximum Gasteiger partial charge on any atom is 0.311 e. The third kappa shape index (κ3) is 3.75. The number of hydrogen-bond donors (Lipinski definition) is 0. The van der Waals surface area contributed by atoms with Gasteiger partial charge in [-0.2, -0.15) is 0 Å². The largest absolute Gasteiger partial charge is 0.457 e. The van der Waals surface area contributed by atoms with Crippen molar-refractivity contribution in [3.63, 3.8) is 0 Å². The number of rotatable bonds is 5. The molecule has 25 heavy (non-hydrogen) atoms. The van der Waals surface area contributed by atoms with Crippen molar-refractivity contribution in [1.82, 2.24) is 0 Å². The number of carbonyl (C=O) groups is 3. The molecule has 0 N–H and O–H groups in total. The third-order valence-electron chi connectivity index (χ3n) is 4.13. The van der Waals surface area contributed by atoms with Crippen LogP contribution in [-0.4, -0.2) is 30.8 Å². The summed E-state index contributed by atoms with van der Waals surface area (Å²) in [5.41, 5.74) is 1.49. The summed E-state index contributed by atoms with van der Waals surface area (Å²) in [6, 6.07) is 8.77. The van der Waals surface area contributed by atoms with Gasteiger partial charge in [-0.25, -0.2) is 0 Å². The predicted octanol–water partition coefficient (Wildman–Crippen LogP) is 3.49. The fourth-order valence-corrected chi connectivity index (χ4v) is 3.57. The van der Waals surface area contributed by atoms with Crippen LogP contribution in [0.2, 0.25) is 5.02 Å². The van der Waals surface area contributed by atoms with Crippen LogP contribution < -0.4 is 4.90 Å². The number of ketones is 1. The van der Waals surface area contributed by atoms with Crippen molar-refractivity contribution < 1.29 is 19.1 Å². The van der Waals surface area contributed by atoms with Crippen molar-refractivity contribution in [2.75, 3.05) is 18.1 Å². The molecule has 0 unspecified atom stereocenters. The molecule has 1 fully saturated rings. The summed E-state index contributed by atoms with van der Waals surface area (Å²) in [5, 5.41) is 2.36. The van der Waals surface area contributed by atoms with Crippen LogP contribution in [0, 0.1) is 12.8 Å². The van der Waals surface area contributed by atoms with Crippen molar-refractivity contribution >= 4 is 46.3 Å². The highest BCUT2D eigenvalue weighted by molar-refractivity contribution is 7.12.